The fourth-order valence-electron chi connectivity index (χ4n) is 2.47. The zero-order valence-corrected chi connectivity index (χ0v) is 15.7. The van der Waals surface area contributed by atoms with Crippen LogP contribution in [0.2, 0.25) is 5.02 Å². The molecule has 6 nitrogen and oxygen atoms in total. The van der Waals surface area contributed by atoms with E-state index in [0.29, 0.717) is 22.8 Å². The lowest BCUT2D eigenvalue weighted by molar-refractivity contribution is -0.123. The van der Waals surface area contributed by atoms with Crippen molar-refractivity contribution in [2.75, 3.05) is 5.32 Å². The predicted molar refractivity (Wildman–Crippen MR) is 105 cm³/mol. The van der Waals surface area contributed by atoms with Crippen molar-refractivity contribution >= 4 is 23.2 Å². The van der Waals surface area contributed by atoms with Crippen LogP contribution in [0.5, 0.6) is 5.88 Å². The molecular formula is C20H17ClFN3O3. The smallest absolute Gasteiger partial charge is 0.271 e. The highest BCUT2D eigenvalue weighted by atomic mass is 35.5. The second-order valence-corrected chi connectivity index (χ2v) is 6.29. The Kier molecular flexibility index (Phi) is 6.06. The second kappa shape index (κ2) is 8.67. The topological polar surface area (TPSA) is 73.2 Å². The Morgan fingerprint density at radius 2 is 1.89 bits per heavy atom. The highest BCUT2D eigenvalue weighted by Gasteiger charge is 2.20. The summed E-state index contributed by atoms with van der Waals surface area (Å²) < 4.78 is 19.9. The highest BCUT2D eigenvalue weighted by Crippen LogP contribution is 2.21. The number of hydrogen-bond acceptors (Lipinski definition) is 4. The van der Waals surface area contributed by atoms with Crippen molar-refractivity contribution in [1.29, 1.82) is 0 Å². The molecule has 1 atom stereocenters. The largest absolute Gasteiger partial charge is 0.463 e. The summed E-state index contributed by atoms with van der Waals surface area (Å²) in [5.41, 5.74) is 0.443. The van der Waals surface area contributed by atoms with E-state index in [1.807, 2.05) is 0 Å². The lowest BCUT2D eigenvalue weighted by atomic mass is 10.2. The van der Waals surface area contributed by atoms with Crippen molar-refractivity contribution in [3.05, 3.63) is 81.9 Å². The molecule has 0 unspecified atom stereocenters. The normalized spacial score (nSPS) is 11.7. The monoisotopic (exact) mass is 401 g/mol. The van der Waals surface area contributed by atoms with Crippen molar-refractivity contribution in [1.82, 2.24) is 9.78 Å². The van der Waals surface area contributed by atoms with Crippen LogP contribution < -0.4 is 15.6 Å². The molecule has 1 aromatic heterocycles. The summed E-state index contributed by atoms with van der Waals surface area (Å²) in [7, 11) is 0. The number of nitrogens with one attached hydrogen (secondary N) is 1. The van der Waals surface area contributed by atoms with Crippen LogP contribution in [-0.2, 0) is 4.79 Å². The molecule has 2 aromatic carbocycles. The molecular weight excluding hydrogens is 385 g/mol. The van der Waals surface area contributed by atoms with Gasteiger partial charge in [0.1, 0.15) is 5.82 Å². The molecule has 0 aliphatic heterocycles. The molecule has 1 N–H and O–H groups in total. The molecule has 0 fully saturated rings. The standard InChI is InChI=1S/C20H17ClFN3O3/c1-2-17(20(27)23-16-6-4-3-5-15(16)21)28-18-11-12-19(26)25(24-18)14-9-7-13(22)8-10-14/h3-12,17H,2H2,1H3,(H,23,27)/t17-/m0/s1. The molecule has 0 saturated heterocycles. The zero-order chi connectivity index (χ0) is 20.1. The molecule has 0 radical (unpaired) electrons. The van der Waals surface area contributed by atoms with Crippen LogP contribution >= 0.6 is 11.6 Å². The van der Waals surface area contributed by atoms with Crippen LogP contribution in [0.4, 0.5) is 10.1 Å². The van der Waals surface area contributed by atoms with Gasteiger partial charge in [-0.25, -0.2) is 4.39 Å². The first-order chi connectivity index (χ1) is 13.5. The Morgan fingerprint density at radius 1 is 1.18 bits per heavy atom. The second-order valence-electron chi connectivity index (χ2n) is 5.88. The predicted octanol–water partition coefficient (Wildman–Crippen LogP) is 3.82. The summed E-state index contributed by atoms with van der Waals surface area (Å²) in [6, 6.07) is 14.8. The van der Waals surface area contributed by atoms with Crippen LogP contribution in [-0.4, -0.2) is 21.8 Å². The minimum atomic E-state index is -0.844. The number of anilines is 1. The number of nitrogens with zero attached hydrogens (tertiary/aromatic N) is 2. The number of rotatable bonds is 6. The molecule has 144 valence electrons. The summed E-state index contributed by atoms with van der Waals surface area (Å²) >= 11 is 6.06. The number of halogens is 2. The lowest BCUT2D eigenvalue weighted by Gasteiger charge is -2.17. The van der Waals surface area contributed by atoms with E-state index in [9.17, 15) is 14.0 Å². The minimum absolute atomic E-state index is 0.0880. The Labute approximate surface area is 165 Å². The van der Waals surface area contributed by atoms with E-state index in [-0.39, 0.29) is 5.88 Å². The Hall–Kier alpha value is -3.19. The van der Waals surface area contributed by atoms with Gasteiger partial charge in [-0.3, -0.25) is 9.59 Å². The maximum atomic E-state index is 13.1. The molecule has 0 spiro atoms. The third-order valence-electron chi connectivity index (χ3n) is 3.90. The minimum Gasteiger partial charge on any atom is -0.463 e. The van der Waals surface area contributed by atoms with Gasteiger partial charge in [0, 0.05) is 12.1 Å². The Bertz CT molecular complexity index is 1040. The van der Waals surface area contributed by atoms with Crippen molar-refractivity contribution in [3.63, 3.8) is 0 Å². The van der Waals surface area contributed by atoms with Gasteiger partial charge in [-0.05, 0) is 42.8 Å². The third-order valence-corrected chi connectivity index (χ3v) is 4.23. The molecule has 0 aliphatic rings. The number of benzene rings is 2. The molecule has 3 rings (SSSR count). The van der Waals surface area contributed by atoms with E-state index in [1.54, 1.807) is 31.2 Å². The van der Waals surface area contributed by atoms with Crippen LogP contribution in [0.1, 0.15) is 13.3 Å². The molecule has 8 heteroatoms. The van der Waals surface area contributed by atoms with Crippen molar-refractivity contribution in [2.45, 2.75) is 19.4 Å². The van der Waals surface area contributed by atoms with E-state index in [4.69, 9.17) is 16.3 Å². The SMILES string of the molecule is CC[C@H](Oc1ccc(=O)n(-c2ccc(F)cc2)n1)C(=O)Nc1ccccc1Cl. The van der Waals surface area contributed by atoms with Gasteiger partial charge in [0.25, 0.3) is 11.5 Å². The number of carbonyl (C=O) groups excluding carboxylic acids is 1. The molecule has 0 aliphatic carbocycles. The van der Waals surface area contributed by atoms with Crippen molar-refractivity contribution in [2.24, 2.45) is 0 Å². The first kappa shape index (κ1) is 19.6. The molecule has 0 bridgehead atoms. The van der Waals surface area contributed by atoms with Gasteiger partial charge in [0.2, 0.25) is 5.88 Å². The first-order valence-corrected chi connectivity index (χ1v) is 8.94. The number of ether oxygens (including phenoxy) is 1. The van der Waals surface area contributed by atoms with E-state index < -0.39 is 23.4 Å². The first-order valence-electron chi connectivity index (χ1n) is 8.56. The number of aromatic nitrogens is 2. The van der Waals surface area contributed by atoms with Gasteiger partial charge in [0.15, 0.2) is 6.10 Å². The van der Waals surface area contributed by atoms with Gasteiger partial charge in [-0.15, -0.1) is 5.10 Å². The number of amides is 1. The lowest BCUT2D eigenvalue weighted by Crippen LogP contribution is -2.33. The van der Waals surface area contributed by atoms with Gasteiger partial charge >= 0.3 is 0 Å². The maximum Gasteiger partial charge on any atom is 0.271 e. The summed E-state index contributed by atoms with van der Waals surface area (Å²) in [6.07, 6.45) is -0.476. The maximum absolute atomic E-state index is 13.1. The quantitative estimate of drug-likeness (QED) is 0.681. The summed E-state index contributed by atoms with van der Waals surface area (Å²) in [6.45, 7) is 1.78. The van der Waals surface area contributed by atoms with Gasteiger partial charge in [-0.1, -0.05) is 30.7 Å². The van der Waals surface area contributed by atoms with E-state index in [2.05, 4.69) is 10.4 Å². The summed E-state index contributed by atoms with van der Waals surface area (Å²) in [4.78, 5) is 24.6. The van der Waals surface area contributed by atoms with E-state index in [1.165, 1.54) is 36.4 Å². The van der Waals surface area contributed by atoms with E-state index >= 15 is 0 Å². The number of para-hydroxylation sites is 1. The number of carbonyl (C=O) groups is 1. The molecule has 1 heterocycles. The molecule has 0 saturated carbocycles. The third kappa shape index (κ3) is 4.55. The summed E-state index contributed by atoms with van der Waals surface area (Å²) in [5, 5.41) is 7.24. The average molecular weight is 402 g/mol. The fraction of sp³-hybridized carbons (Fsp3) is 0.150. The molecule has 3 aromatic rings. The Balaban J connectivity index is 1.80. The average Bonchev–Trinajstić information content (AvgIpc) is 2.69. The van der Waals surface area contributed by atoms with Gasteiger partial charge in [-0.2, -0.15) is 4.68 Å². The van der Waals surface area contributed by atoms with Crippen LogP contribution in [0.15, 0.2) is 65.5 Å². The van der Waals surface area contributed by atoms with Crippen LogP contribution in [0.3, 0.4) is 0 Å². The van der Waals surface area contributed by atoms with Crippen molar-refractivity contribution < 1.29 is 13.9 Å². The van der Waals surface area contributed by atoms with Gasteiger partial charge < -0.3 is 10.1 Å². The zero-order valence-electron chi connectivity index (χ0n) is 14.9. The number of hydrogen-bond donors (Lipinski definition) is 1. The molecule has 1 amide bonds. The Morgan fingerprint density at radius 3 is 2.57 bits per heavy atom. The van der Waals surface area contributed by atoms with E-state index in [0.717, 1.165) is 4.68 Å². The summed E-state index contributed by atoms with van der Waals surface area (Å²) in [5.74, 6) is -0.728. The van der Waals surface area contributed by atoms with Crippen LogP contribution in [0, 0.1) is 5.82 Å². The highest BCUT2D eigenvalue weighted by molar-refractivity contribution is 6.33. The fourth-order valence-corrected chi connectivity index (χ4v) is 2.65. The van der Waals surface area contributed by atoms with Gasteiger partial charge in [0.05, 0.1) is 16.4 Å². The van der Waals surface area contributed by atoms with Crippen LogP contribution in [0.25, 0.3) is 5.69 Å². The van der Waals surface area contributed by atoms with Crippen molar-refractivity contribution in [3.8, 4) is 11.6 Å². The molecule has 28 heavy (non-hydrogen) atoms.